The summed E-state index contributed by atoms with van der Waals surface area (Å²) in [6.45, 7) is 0. The van der Waals surface area contributed by atoms with Crippen molar-refractivity contribution in [3.63, 3.8) is 0 Å². The molecule has 19 heavy (non-hydrogen) atoms. The van der Waals surface area contributed by atoms with Gasteiger partial charge in [0.15, 0.2) is 0 Å². The average molecular weight is 251 g/mol. The largest absolute Gasteiger partial charge is 0.452 e. The summed E-state index contributed by atoms with van der Waals surface area (Å²) in [6.07, 6.45) is -0.375. The van der Waals surface area contributed by atoms with Gasteiger partial charge in [0.05, 0.1) is 18.3 Å². The van der Waals surface area contributed by atoms with Crippen molar-refractivity contribution in [1.82, 2.24) is 4.57 Å². The van der Waals surface area contributed by atoms with Crippen LogP contribution in [-0.4, -0.2) is 17.8 Å². The maximum Gasteiger partial charge on any atom is 0.418 e. The number of benzene rings is 2. The van der Waals surface area contributed by atoms with Crippen LogP contribution in [0, 0.1) is 0 Å². The van der Waals surface area contributed by atoms with Gasteiger partial charge in [-0.3, -0.25) is 0 Å². The van der Waals surface area contributed by atoms with Gasteiger partial charge in [-0.1, -0.05) is 48.5 Å². The van der Waals surface area contributed by atoms with Gasteiger partial charge in [0.1, 0.15) is 0 Å². The minimum Gasteiger partial charge on any atom is -0.452 e. The molecule has 0 aliphatic rings. The predicted octanol–water partition coefficient (Wildman–Crippen LogP) is 3.92. The maximum absolute atomic E-state index is 12.0. The Morgan fingerprint density at radius 2 is 1.68 bits per heavy atom. The van der Waals surface area contributed by atoms with Crippen LogP contribution in [0.2, 0.25) is 0 Å². The van der Waals surface area contributed by atoms with Gasteiger partial charge in [0.25, 0.3) is 0 Å². The van der Waals surface area contributed by atoms with Crippen molar-refractivity contribution in [1.29, 1.82) is 0 Å². The molecule has 0 saturated carbocycles. The summed E-state index contributed by atoms with van der Waals surface area (Å²) in [5, 5.41) is 1.02. The van der Waals surface area contributed by atoms with Gasteiger partial charge in [-0.2, -0.15) is 0 Å². The molecule has 0 aliphatic carbocycles. The number of ether oxygens (including phenoxy) is 1. The van der Waals surface area contributed by atoms with E-state index in [0.717, 1.165) is 22.2 Å². The minimum atomic E-state index is -0.375. The smallest absolute Gasteiger partial charge is 0.418 e. The van der Waals surface area contributed by atoms with Crippen molar-refractivity contribution < 1.29 is 9.53 Å². The van der Waals surface area contributed by atoms with Gasteiger partial charge in [-0.15, -0.1) is 0 Å². The molecule has 1 aromatic heterocycles. The molecule has 3 nitrogen and oxygen atoms in total. The zero-order valence-corrected chi connectivity index (χ0v) is 10.5. The highest BCUT2D eigenvalue weighted by Crippen LogP contribution is 2.28. The van der Waals surface area contributed by atoms with E-state index in [1.165, 1.54) is 7.11 Å². The van der Waals surface area contributed by atoms with E-state index in [9.17, 15) is 4.79 Å². The Labute approximate surface area is 111 Å². The summed E-state index contributed by atoms with van der Waals surface area (Å²) in [7, 11) is 1.39. The summed E-state index contributed by atoms with van der Waals surface area (Å²) >= 11 is 0. The Hall–Kier alpha value is -2.55. The highest BCUT2D eigenvalue weighted by atomic mass is 16.5. The van der Waals surface area contributed by atoms with Crippen LogP contribution in [0.5, 0.6) is 0 Å². The van der Waals surface area contributed by atoms with Gasteiger partial charge >= 0.3 is 6.09 Å². The number of methoxy groups -OCH3 is 1. The normalized spacial score (nSPS) is 10.6. The number of rotatable bonds is 1. The molecule has 0 saturated heterocycles. The molecule has 0 aliphatic heterocycles. The lowest BCUT2D eigenvalue weighted by atomic mass is 10.1. The average Bonchev–Trinajstić information content (AvgIpc) is 2.87. The van der Waals surface area contributed by atoms with E-state index in [1.54, 1.807) is 4.57 Å². The lowest BCUT2D eigenvalue weighted by Gasteiger charge is -2.07. The molecule has 94 valence electrons. The third-order valence-electron chi connectivity index (χ3n) is 3.14. The molecule has 3 aromatic rings. The van der Waals surface area contributed by atoms with E-state index in [0.29, 0.717) is 0 Å². The zero-order valence-electron chi connectivity index (χ0n) is 10.5. The van der Waals surface area contributed by atoms with Crippen LogP contribution in [0.4, 0.5) is 4.79 Å². The Balaban J connectivity index is 2.32. The highest BCUT2D eigenvalue weighted by molar-refractivity contribution is 5.96. The molecule has 2 aromatic carbocycles. The van der Waals surface area contributed by atoms with Crippen LogP contribution in [0.3, 0.4) is 0 Å². The number of carbonyl (C=O) groups excluding carboxylic acids is 1. The quantitative estimate of drug-likeness (QED) is 0.656. The van der Waals surface area contributed by atoms with Gasteiger partial charge in [-0.05, 0) is 17.7 Å². The van der Waals surface area contributed by atoms with Crippen molar-refractivity contribution in [2.45, 2.75) is 0 Å². The van der Waals surface area contributed by atoms with Crippen molar-refractivity contribution in [2.75, 3.05) is 7.11 Å². The first-order valence-electron chi connectivity index (χ1n) is 6.05. The molecule has 0 amide bonds. The SMILES string of the molecule is COC(=O)n1c(-c2ccccc2)cc2ccccc21. The maximum atomic E-state index is 12.0. The van der Waals surface area contributed by atoms with E-state index < -0.39 is 0 Å². The fourth-order valence-corrected chi connectivity index (χ4v) is 2.26. The number of fused-ring (bicyclic) bond motifs is 1. The van der Waals surface area contributed by atoms with Crippen LogP contribution < -0.4 is 0 Å². The second-order valence-corrected chi connectivity index (χ2v) is 4.26. The van der Waals surface area contributed by atoms with Crippen LogP contribution in [0.1, 0.15) is 0 Å². The topological polar surface area (TPSA) is 31.2 Å². The molecule has 0 spiro atoms. The van der Waals surface area contributed by atoms with Crippen LogP contribution in [-0.2, 0) is 4.74 Å². The number of aromatic nitrogens is 1. The molecule has 0 unspecified atom stereocenters. The number of nitrogens with zero attached hydrogens (tertiary/aromatic N) is 1. The monoisotopic (exact) mass is 251 g/mol. The summed E-state index contributed by atoms with van der Waals surface area (Å²) in [5.74, 6) is 0. The highest BCUT2D eigenvalue weighted by Gasteiger charge is 2.16. The lowest BCUT2D eigenvalue weighted by Crippen LogP contribution is -2.12. The molecule has 0 fully saturated rings. The number of hydrogen-bond acceptors (Lipinski definition) is 2. The van der Waals surface area contributed by atoms with Crippen LogP contribution in [0.15, 0.2) is 60.7 Å². The Morgan fingerprint density at radius 3 is 2.42 bits per heavy atom. The van der Waals surface area contributed by atoms with E-state index in [4.69, 9.17) is 4.74 Å². The van der Waals surface area contributed by atoms with Crippen LogP contribution >= 0.6 is 0 Å². The lowest BCUT2D eigenvalue weighted by molar-refractivity contribution is 0.174. The van der Waals surface area contributed by atoms with Crippen molar-refractivity contribution in [3.05, 3.63) is 60.7 Å². The molecular formula is C16H13NO2. The number of hydrogen-bond donors (Lipinski definition) is 0. The zero-order chi connectivity index (χ0) is 13.2. The van der Waals surface area contributed by atoms with Crippen LogP contribution in [0.25, 0.3) is 22.2 Å². The molecular weight excluding hydrogens is 238 g/mol. The fourth-order valence-electron chi connectivity index (χ4n) is 2.26. The molecule has 3 rings (SSSR count). The minimum absolute atomic E-state index is 0.375. The molecule has 3 heteroatoms. The molecule has 0 bridgehead atoms. The first-order chi connectivity index (χ1) is 9.31. The van der Waals surface area contributed by atoms with Crippen molar-refractivity contribution >= 4 is 17.0 Å². The van der Waals surface area contributed by atoms with Gasteiger partial charge < -0.3 is 4.74 Å². The van der Waals surface area contributed by atoms with Gasteiger partial charge in [0, 0.05) is 5.39 Å². The standard InChI is InChI=1S/C16H13NO2/c1-19-16(18)17-14-10-6-5-9-13(14)11-15(17)12-7-3-2-4-8-12/h2-11H,1H3. The number of carbonyl (C=O) groups is 1. The second-order valence-electron chi connectivity index (χ2n) is 4.26. The van der Waals surface area contributed by atoms with E-state index in [1.807, 2.05) is 60.7 Å². The van der Waals surface area contributed by atoms with E-state index in [2.05, 4.69) is 0 Å². The molecule has 0 radical (unpaired) electrons. The molecule has 0 N–H and O–H groups in total. The van der Waals surface area contributed by atoms with E-state index >= 15 is 0 Å². The summed E-state index contributed by atoms with van der Waals surface area (Å²) in [6, 6.07) is 19.6. The first-order valence-corrected chi connectivity index (χ1v) is 6.05. The Kier molecular flexibility index (Phi) is 2.80. The van der Waals surface area contributed by atoms with Crippen molar-refractivity contribution in [3.8, 4) is 11.3 Å². The van der Waals surface area contributed by atoms with Gasteiger partial charge in [0.2, 0.25) is 0 Å². The third-order valence-corrected chi connectivity index (χ3v) is 3.14. The first kappa shape index (κ1) is 11.5. The number of para-hydroxylation sites is 1. The van der Waals surface area contributed by atoms with E-state index in [-0.39, 0.29) is 6.09 Å². The second kappa shape index (κ2) is 4.61. The summed E-state index contributed by atoms with van der Waals surface area (Å²) < 4.78 is 6.49. The summed E-state index contributed by atoms with van der Waals surface area (Å²) in [5.41, 5.74) is 2.69. The fraction of sp³-hybridized carbons (Fsp3) is 0.0625. The Bertz CT molecular complexity index is 729. The third kappa shape index (κ3) is 1.89. The van der Waals surface area contributed by atoms with Gasteiger partial charge in [-0.25, -0.2) is 9.36 Å². The molecule has 1 heterocycles. The predicted molar refractivity (Wildman–Crippen MR) is 75.2 cm³/mol. The molecule has 0 atom stereocenters. The Morgan fingerprint density at radius 1 is 1.00 bits per heavy atom. The van der Waals surface area contributed by atoms with Crippen molar-refractivity contribution in [2.24, 2.45) is 0 Å². The summed E-state index contributed by atoms with van der Waals surface area (Å²) in [4.78, 5) is 12.0.